The number of carbonyl (C=O) groups is 1. The van der Waals surface area contributed by atoms with Crippen molar-refractivity contribution in [2.75, 3.05) is 12.3 Å². The van der Waals surface area contributed by atoms with Crippen molar-refractivity contribution in [2.45, 2.75) is 90.4 Å². The number of nitrogens with one attached hydrogen (secondary N) is 1. The number of aliphatic hydroxyl groups is 3. The average molecular weight is 514 g/mol. The van der Waals surface area contributed by atoms with Crippen LogP contribution < -0.4 is 5.32 Å². The number of fused-ring (bicyclic) bond motifs is 5. The van der Waals surface area contributed by atoms with Crippen LogP contribution in [0.15, 0.2) is 11.6 Å². The zero-order chi connectivity index (χ0) is 25.8. The summed E-state index contributed by atoms with van der Waals surface area (Å²) in [5.41, 5.74) is 0.734. The van der Waals surface area contributed by atoms with E-state index in [4.69, 9.17) is 4.55 Å². The first-order valence-electron chi connectivity index (χ1n) is 13.3. The second-order valence-electron chi connectivity index (χ2n) is 12.2. The fourth-order valence-electron chi connectivity index (χ4n) is 8.40. The van der Waals surface area contributed by atoms with Crippen molar-refractivity contribution in [1.82, 2.24) is 5.32 Å². The number of rotatable bonds is 7. The van der Waals surface area contributed by atoms with E-state index in [0.717, 1.165) is 25.7 Å². The summed E-state index contributed by atoms with van der Waals surface area (Å²) in [5.74, 6) is 0.0742. The molecule has 4 rings (SSSR count). The Morgan fingerprint density at radius 1 is 1.17 bits per heavy atom. The molecule has 0 aromatic rings. The van der Waals surface area contributed by atoms with Gasteiger partial charge in [0.2, 0.25) is 5.91 Å². The maximum Gasteiger partial charge on any atom is 0.266 e. The third kappa shape index (κ3) is 4.96. The molecule has 1 amide bonds. The molecule has 35 heavy (non-hydrogen) atoms. The number of hydrogen-bond acceptors (Lipinski definition) is 6. The lowest BCUT2D eigenvalue weighted by atomic mass is 9.47. The molecule has 5 N–H and O–H groups in total. The molecule has 0 heterocycles. The molecule has 0 unspecified atom stereocenters. The lowest BCUT2D eigenvalue weighted by Crippen LogP contribution is -2.57. The molecule has 4 aliphatic rings. The summed E-state index contributed by atoms with van der Waals surface area (Å²) >= 11 is 0. The van der Waals surface area contributed by atoms with Crippen molar-refractivity contribution in [1.29, 1.82) is 0 Å². The molecule has 200 valence electrons. The van der Waals surface area contributed by atoms with Crippen LogP contribution in [0.5, 0.6) is 0 Å². The molecule has 4 aliphatic carbocycles. The monoisotopic (exact) mass is 513 g/mol. The summed E-state index contributed by atoms with van der Waals surface area (Å²) in [4.78, 5) is 12.2. The number of aliphatic hydroxyl groups excluding tert-OH is 3. The Labute approximate surface area is 209 Å². The third-order valence-corrected chi connectivity index (χ3v) is 11.1. The van der Waals surface area contributed by atoms with Crippen LogP contribution in [0.1, 0.15) is 72.1 Å². The quantitative estimate of drug-likeness (QED) is 0.259. The molecule has 0 bridgehead atoms. The minimum atomic E-state index is -4.10. The second-order valence-corrected chi connectivity index (χ2v) is 13.8. The predicted molar refractivity (Wildman–Crippen MR) is 132 cm³/mol. The van der Waals surface area contributed by atoms with Gasteiger partial charge in [-0.3, -0.25) is 9.35 Å². The van der Waals surface area contributed by atoms with Crippen molar-refractivity contribution in [3.05, 3.63) is 11.6 Å². The first kappa shape index (κ1) is 27.0. The van der Waals surface area contributed by atoms with Gasteiger partial charge in [0.1, 0.15) is 0 Å². The van der Waals surface area contributed by atoms with E-state index in [9.17, 15) is 28.5 Å². The Hall–Kier alpha value is -1.00. The van der Waals surface area contributed by atoms with Crippen molar-refractivity contribution in [3.8, 4) is 0 Å². The molecule has 0 saturated heterocycles. The Bertz CT molecular complexity index is 951. The number of amides is 1. The van der Waals surface area contributed by atoms with Crippen LogP contribution in [0.25, 0.3) is 0 Å². The van der Waals surface area contributed by atoms with Crippen LogP contribution in [0.4, 0.5) is 0 Å². The summed E-state index contributed by atoms with van der Waals surface area (Å²) < 4.78 is 30.5. The molecule has 0 aromatic carbocycles. The Morgan fingerprint density at radius 3 is 2.57 bits per heavy atom. The maximum atomic E-state index is 12.2. The van der Waals surface area contributed by atoms with Crippen molar-refractivity contribution >= 4 is 16.0 Å². The molecule has 3 saturated carbocycles. The van der Waals surface area contributed by atoms with E-state index < -0.39 is 28.1 Å². The van der Waals surface area contributed by atoms with Gasteiger partial charge in [-0.25, -0.2) is 0 Å². The molecule has 9 heteroatoms. The molecule has 10 atom stereocenters. The highest BCUT2D eigenvalue weighted by Crippen LogP contribution is 2.66. The summed E-state index contributed by atoms with van der Waals surface area (Å²) in [6.45, 7) is 6.42. The van der Waals surface area contributed by atoms with Gasteiger partial charge >= 0.3 is 0 Å². The normalized spacial score (nSPS) is 44.0. The summed E-state index contributed by atoms with van der Waals surface area (Å²) in [6, 6.07) is 0. The summed E-state index contributed by atoms with van der Waals surface area (Å²) in [5, 5.41) is 35.6. The second kappa shape index (κ2) is 9.71. The minimum Gasteiger partial charge on any atom is -0.393 e. The minimum absolute atomic E-state index is 0.0285. The van der Waals surface area contributed by atoms with Gasteiger partial charge in [-0.2, -0.15) is 8.42 Å². The van der Waals surface area contributed by atoms with E-state index in [2.05, 4.69) is 26.1 Å². The molecular weight excluding hydrogens is 470 g/mol. The van der Waals surface area contributed by atoms with Crippen molar-refractivity contribution < 1.29 is 33.1 Å². The van der Waals surface area contributed by atoms with Gasteiger partial charge in [0.15, 0.2) is 0 Å². The molecule has 0 spiro atoms. The van der Waals surface area contributed by atoms with Gasteiger partial charge in [-0.05, 0) is 74.0 Å². The van der Waals surface area contributed by atoms with E-state index in [1.165, 1.54) is 5.57 Å². The highest BCUT2D eigenvalue weighted by Gasteiger charge is 2.62. The van der Waals surface area contributed by atoms with Gasteiger partial charge in [0.05, 0.1) is 24.1 Å². The van der Waals surface area contributed by atoms with E-state index in [1.54, 1.807) is 0 Å². The van der Waals surface area contributed by atoms with Crippen LogP contribution in [0.3, 0.4) is 0 Å². The van der Waals surface area contributed by atoms with Gasteiger partial charge < -0.3 is 20.6 Å². The average Bonchev–Trinajstić information content (AvgIpc) is 3.12. The summed E-state index contributed by atoms with van der Waals surface area (Å²) in [6.07, 6.45) is 6.46. The fraction of sp³-hybridized carbons (Fsp3) is 0.885. The first-order chi connectivity index (χ1) is 16.3. The fourth-order valence-corrected chi connectivity index (χ4v) is 8.76. The lowest BCUT2D eigenvalue weighted by molar-refractivity contribution is -0.121. The van der Waals surface area contributed by atoms with Crippen LogP contribution in [-0.2, 0) is 14.9 Å². The smallest absolute Gasteiger partial charge is 0.266 e. The topological polar surface area (TPSA) is 144 Å². The van der Waals surface area contributed by atoms with Crippen LogP contribution in [0.2, 0.25) is 0 Å². The lowest BCUT2D eigenvalue weighted by Gasteiger charge is -2.59. The largest absolute Gasteiger partial charge is 0.393 e. The van der Waals surface area contributed by atoms with Gasteiger partial charge in [-0.1, -0.05) is 32.4 Å². The molecule has 0 radical (unpaired) electrons. The van der Waals surface area contributed by atoms with Crippen LogP contribution in [0, 0.1) is 40.4 Å². The van der Waals surface area contributed by atoms with Crippen LogP contribution in [-0.4, -0.2) is 64.8 Å². The number of carbonyl (C=O) groups excluding carboxylic acids is 1. The van der Waals surface area contributed by atoms with Crippen molar-refractivity contribution in [3.63, 3.8) is 0 Å². The zero-order valence-corrected chi connectivity index (χ0v) is 22.0. The van der Waals surface area contributed by atoms with E-state index in [-0.39, 0.29) is 65.4 Å². The third-order valence-electron chi connectivity index (χ3n) is 10.4. The van der Waals surface area contributed by atoms with Gasteiger partial charge in [0, 0.05) is 24.3 Å². The Balaban J connectivity index is 1.47. The predicted octanol–water partition coefficient (Wildman–Crippen LogP) is 2.29. The molecular formula is C26H43NO7S. The molecule has 0 aromatic heterocycles. The Kier molecular flexibility index (Phi) is 7.50. The van der Waals surface area contributed by atoms with E-state index in [0.29, 0.717) is 19.3 Å². The zero-order valence-electron chi connectivity index (χ0n) is 21.2. The molecule has 3 fully saturated rings. The van der Waals surface area contributed by atoms with E-state index >= 15 is 0 Å². The standard InChI is InChI=1S/C26H43NO7S/c1-15(4-7-23(31)27-10-11-35(32,33)34)18-5-6-19-24-20(14-22(30)26(18,19)3)25(2)9-8-17(28)12-16(25)13-21(24)29/h14-19,21-22,24,28-30H,4-13H2,1-3H3,(H,27,31)(H,32,33,34)/t15-,16-,17+,18+,19+,21-,22+,24+,25+,26-/m1/s1. The van der Waals surface area contributed by atoms with Gasteiger partial charge in [0.25, 0.3) is 10.1 Å². The van der Waals surface area contributed by atoms with Crippen molar-refractivity contribution in [2.24, 2.45) is 40.4 Å². The first-order valence-corrected chi connectivity index (χ1v) is 14.9. The van der Waals surface area contributed by atoms with Crippen LogP contribution >= 0.6 is 0 Å². The Morgan fingerprint density at radius 2 is 1.89 bits per heavy atom. The SMILES string of the molecule is C[C@H](CCC(=O)NCCS(=O)(=O)O)[C@@H]1CC[C@H]2[C@H]3C(=C[C@H](O)[C@@]21C)[C@@]1(C)CC[C@H](O)C[C@@H]1C[C@H]3O. The summed E-state index contributed by atoms with van der Waals surface area (Å²) in [7, 11) is -4.10. The highest BCUT2D eigenvalue weighted by molar-refractivity contribution is 7.85. The molecule has 8 nitrogen and oxygen atoms in total. The maximum absolute atomic E-state index is 12.2. The highest BCUT2D eigenvalue weighted by atomic mass is 32.2. The van der Waals surface area contributed by atoms with Gasteiger partial charge in [-0.15, -0.1) is 0 Å². The molecule has 0 aliphatic heterocycles. The number of hydrogen-bond donors (Lipinski definition) is 5. The van der Waals surface area contributed by atoms with E-state index in [1.807, 2.05) is 6.08 Å².